The summed E-state index contributed by atoms with van der Waals surface area (Å²) < 4.78 is 23.9. The summed E-state index contributed by atoms with van der Waals surface area (Å²) in [6, 6.07) is 2.40. The van der Waals surface area contributed by atoms with Gasteiger partial charge in [-0.15, -0.1) is 0 Å². The Hall–Kier alpha value is -2.43. The highest BCUT2D eigenvalue weighted by Crippen LogP contribution is 2.25. The van der Waals surface area contributed by atoms with Crippen LogP contribution in [0.3, 0.4) is 0 Å². The van der Waals surface area contributed by atoms with E-state index in [2.05, 4.69) is 26.0 Å². The zero-order chi connectivity index (χ0) is 22.9. The topological polar surface area (TPSA) is 127 Å². The van der Waals surface area contributed by atoms with E-state index in [1.165, 1.54) is 13.2 Å². The molecule has 0 aromatic heterocycles. The van der Waals surface area contributed by atoms with Crippen molar-refractivity contribution in [2.45, 2.75) is 32.6 Å². The largest absolute Gasteiger partial charge is 0.465 e. The average Bonchev–Trinajstić information content (AvgIpc) is 2.75. The number of nitrogens with one attached hydrogen (secondary N) is 4. The number of rotatable bonds is 16. The van der Waals surface area contributed by atoms with E-state index < -0.39 is 17.9 Å². The number of anilines is 2. The number of hydrogen-bond donors (Lipinski definition) is 5. The van der Waals surface area contributed by atoms with Crippen LogP contribution in [0.15, 0.2) is 12.1 Å². The predicted octanol–water partition coefficient (Wildman–Crippen LogP) is 2.29. The van der Waals surface area contributed by atoms with Gasteiger partial charge in [-0.05, 0) is 77.5 Å². The van der Waals surface area contributed by atoms with Gasteiger partial charge in [-0.25, -0.2) is 14.0 Å². The molecular weight excluding hydrogens is 405 g/mol. The van der Waals surface area contributed by atoms with Crippen molar-refractivity contribution in [2.75, 3.05) is 63.6 Å². The molecule has 1 aromatic rings. The molecule has 0 aliphatic rings. The van der Waals surface area contributed by atoms with Crippen LogP contribution in [-0.2, 0) is 9.47 Å². The summed E-state index contributed by atoms with van der Waals surface area (Å²) in [7, 11) is 1.19. The van der Waals surface area contributed by atoms with Crippen LogP contribution in [-0.4, -0.2) is 65.0 Å². The van der Waals surface area contributed by atoms with Crippen LogP contribution in [0, 0.1) is 5.82 Å². The van der Waals surface area contributed by atoms with Crippen molar-refractivity contribution >= 4 is 23.4 Å². The minimum Gasteiger partial charge on any atom is -0.465 e. The van der Waals surface area contributed by atoms with E-state index in [1.807, 2.05) is 0 Å². The van der Waals surface area contributed by atoms with Gasteiger partial charge in [0.1, 0.15) is 5.82 Å². The number of amides is 1. The van der Waals surface area contributed by atoms with Crippen molar-refractivity contribution < 1.29 is 23.5 Å². The number of carbonyl (C=O) groups is 2. The molecule has 0 radical (unpaired) electrons. The third-order valence-electron chi connectivity index (χ3n) is 4.39. The van der Waals surface area contributed by atoms with Gasteiger partial charge in [0.2, 0.25) is 0 Å². The Morgan fingerprint density at radius 1 is 0.968 bits per heavy atom. The molecule has 1 aromatic carbocycles. The average molecular weight is 442 g/mol. The van der Waals surface area contributed by atoms with E-state index >= 15 is 0 Å². The first-order chi connectivity index (χ1) is 15.0. The molecule has 0 spiro atoms. The Kier molecular flexibility index (Phi) is 14.0. The Morgan fingerprint density at radius 2 is 1.61 bits per heavy atom. The Bertz CT molecular complexity index is 675. The van der Waals surface area contributed by atoms with Crippen molar-refractivity contribution in [3.63, 3.8) is 0 Å². The van der Waals surface area contributed by atoms with Gasteiger partial charge in [0.05, 0.1) is 30.7 Å². The number of halogens is 1. The summed E-state index contributed by atoms with van der Waals surface area (Å²) in [5.74, 6) is -1.36. The molecule has 1 amide bonds. The third-order valence-corrected chi connectivity index (χ3v) is 4.39. The first kappa shape index (κ1) is 26.6. The normalized spacial score (nSPS) is 10.6. The summed E-state index contributed by atoms with van der Waals surface area (Å²) in [4.78, 5) is 23.6. The number of unbranched alkanes of at least 4 members (excludes halogenated alkanes) is 1. The van der Waals surface area contributed by atoms with E-state index in [9.17, 15) is 14.0 Å². The molecule has 0 bridgehead atoms. The Balaban J connectivity index is 2.41. The summed E-state index contributed by atoms with van der Waals surface area (Å²) in [6.07, 6.45) is 3.23. The lowest BCUT2D eigenvalue weighted by molar-refractivity contribution is 0.0601. The maximum absolute atomic E-state index is 14.4. The Morgan fingerprint density at radius 3 is 2.23 bits per heavy atom. The van der Waals surface area contributed by atoms with E-state index in [4.69, 9.17) is 10.5 Å². The molecule has 0 heterocycles. The van der Waals surface area contributed by atoms with Gasteiger partial charge < -0.3 is 31.2 Å². The van der Waals surface area contributed by atoms with Crippen molar-refractivity contribution in [2.24, 2.45) is 5.73 Å². The number of carbonyl (C=O) groups excluding carboxylic acids is 2. The number of nitrogens with two attached hydrogens (primary N) is 1. The molecule has 1 rings (SSSR count). The summed E-state index contributed by atoms with van der Waals surface area (Å²) in [5.41, 5.74) is 5.66. The second-order valence-corrected chi connectivity index (χ2v) is 6.84. The van der Waals surface area contributed by atoms with E-state index in [1.54, 1.807) is 6.92 Å². The van der Waals surface area contributed by atoms with E-state index in [0.717, 1.165) is 57.9 Å². The lowest BCUT2D eigenvalue weighted by Gasteiger charge is -2.14. The fourth-order valence-corrected chi connectivity index (χ4v) is 2.78. The van der Waals surface area contributed by atoms with Gasteiger partial charge in [0.25, 0.3) is 0 Å². The number of methoxy groups -OCH3 is 1. The van der Waals surface area contributed by atoms with Crippen LogP contribution in [0.1, 0.15) is 43.0 Å². The number of benzene rings is 1. The van der Waals surface area contributed by atoms with Crippen molar-refractivity contribution in [1.29, 1.82) is 0 Å². The second-order valence-electron chi connectivity index (χ2n) is 6.84. The first-order valence-corrected chi connectivity index (χ1v) is 10.7. The number of ether oxygens (including phenoxy) is 2. The molecule has 10 heteroatoms. The molecular formula is C21H36FN5O4. The minimum absolute atomic E-state index is 0.0854. The zero-order valence-corrected chi connectivity index (χ0v) is 18.5. The molecule has 0 atom stereocenters. The van der Waals surface area contributed by atoms with Gasteiger partial charge >= 0.3 is 12.1 Å². The third kappa shape index (κ3) is 11.0. The molecule has 0 unspecified atom stereocenters. The van der Waals surface area contributed by atoms with Crippen molar-refractivity contribution in [3.8, 4) is 0 Å². The highest BCUT2D eigenvalue weighted by atomic mass is 19.1. The molecule has 0 fully saturated rings. The maximum atomic E-state index is 14.4. The monoisotopic (exact) mass is 441 g/mol. The number of hydrogen-bond acceptors (Lipinski definition) is 8. The minimum atomic E-state index is -0.754. The van der Waals surface area contributed by atoms with Gasteiger partial charge in [0, 0.05) is 6.54 Å². The van der Waals surface area contributed by atoms with Crippen LogP contribution in [0.5, 0.6) is 0 Å². The quantitative estimate of drug-likeness (QED) is 0.195. The fourth-order valence-electron chi connectivity index (χ4n) is 2.78. The van der Waals surface area contributed by atoms with Crippen LogP contribution in [0.4, 0.5) is 20.6 Å². The maximum Gasteiger partial charge on any atom is 0.411 e. The molecule has 176 valence electrons. The standard InChI is InChI=1S/C21H36FN5O4/c1-3-31-21(29)27-18-15-19(17(22)14-16(18)20(28)30-2)26-13-7-12-25-10-5-4-9-24-11-6-8-23/h14-15,24-26H,3-13,23H2,1-2H3,(H,27,29). The molecule has 31 heavy (non-hydrogen) atoms. The highest BCUT2D eigenvalue weighted by Gasteiger charge is 2.18. The van der Waals surface area contributed by atoms with E-state index in [-0.39, 0.29) is 23.5 Å². The van der Waals surface area contributed by atoms with Crippen molar-refractivity contribution in [3.05, 3.63) is 23.5 Å². The van der Waals surface area contributed by atoms with Crippen molar-refractivity contribution in [1.82, 2.24) is 10.6 Å². The summed E-state index contributed by atoms with van der Waals surface area (Å²) >= 11 is 0. The first-order valence-electron chi connectivity index (χ1n) is 10.7. The van der Waals surface area contributed by atoms with Crippen LogP contribution < -0.4 is 27.0 Å². The lowest BCUT2D eigenvalue weighted by Crippen LogP contribution is -2.22. The smallest absolute Gasteiger partial charge is 0.411 e. The SMILES string of the molecule is CCOC(=O)Nc1cc(NCCCNCCCCNCCCN)c(F)cc1C(=O)OC. The van der Waals surface area contributed by atoms with Crippen LogP contribution in [0.25, 0.3) is 0 Å². The van der Waals surface area contributed by atoms with Gasteiger partial charge in [-0.3, -0.25) is 5.32 Å². The molecule has 0 aliphatic heterocycles. The molecule has 0 saturated carbocycles. The van der Waals surface area contributed by atoms with E-state index in [0.29, 0.717) is 13.1 Å². The lowest BCUT2D eigenvalue weighted by atomic mass is 10.1. The van der Waals surface area contributed by atoms with Crippen LogP contribution in [0.2, 0.25) is 0 Å². The molecule has 9 nitrogen and oxygen atoms in total. The summed E-state index contributed by atoms with van der Waals surface area (Å²) in [6.45, 7) is 6.75. The predicted molar refractivity (Wildman–Crippen MR) is 120 cm³/mol. The molecule has 6 N–H and O–H groups in total. The fraction of sp³-hybridized carbons (Fsp3) is 0.619. The number of esters is 1. The van der Waals surface area contributed by atoms with Gasteiger partial charge in [-0.2, -0.15) is 0 Å². The van der Waals surface area contributed by atoms with Gasteiger partial charge in [-0.1, -0.05) is 0 Å². The summed E-state index contributed by atoms with van der Waals surface area (Å²) in [5, 5.41) is 12.1. The molecule has 0 aliphatic carbocycles. The van der Waals surface area contributed by atoms with Crippen LogP contribution >= 0.6 is 0 Å². The Labute approximate surface area is 183 Å². The van der Waals surface area contributed by atoms with Gasteiger partial charge in [0.15, 0.2) is 0 Å². The highest BCUT2D eigenvalue weighted by molar-refractivity contribution is 6.00. The second kappa shape index (κ2) is 16.3. The molecule has 0 saturated heterocycles. The zero-order valence-electron chi connectivity index (χ0n) is 18.5.